The molecule has 4 nitrogen and oxygen atoms in total. The Labute approximate surface area is 124 Å². The molecule has 0 saturated carbocycles. The molecule has 1 amide bonds. The molecular weight excluding hydrogens is 276 g/mol. The SMILES string of the molecule is COc1ccc(Cl)cc1CNC(=O)CCC1CCNC1. The molecule has 1 aromatic rings. The Morgan fingerprint density at radius 3 is 3.10 bits per heavy atom. The Hall–Kier alpha value is -1.26. The first-order valence-electron chi connectivity index (χ1n) is 6.99. The first kappa shape index (κ1) is 15.1. The largest absolute Gasteiger partial charge is 0.496 e. The highest BCUT2D eigenvalue weighted by Crippen LogP contribution is 2.22. The lowest BCUT2D eigenvalue weighted by Crippen LogP contribution is -2.23. The van der Waals surface area contributed by atoms with E-state index in [2.05, 4.69) is 10.6 Å². The molecule has 0 aromatic heterocycles. The zero-order chi connectivity index (χ0) is 14.4. The lowest BCUT2D eigenvalue weighted by molar-refractivity contribution is -0.121. The van der Waals surface area contributed by atoms with Crippen molar-refractivity contribution in [2.45, 2.75) is 25.8 Å². The number of methoxy groups -OCH3 is 1. The Bertz CT molecular complexity index is 459. The van der Waals surface area contributed by atoms with Crippen LogP contribution in [0.4, 0.5) is 0 Å². The van der Waals surface area contributed by atoms with E-state index >= 15 is 0 Å². The molecule has 1 unspecified atom stereocenters. The van der Waals surface area contributed by atoms with Crippen LogP contribution in [-0.4, -0.2) is 26.1 Å². The molecule has 1 heterocycles. The summed E-state index contributed by atoms with van der Waals surface area (Å²) in [5.74, 6) is 1.47. The van der Waals surface area contributed by atoms with Gasteiger partial charge >= 0.3 is 0 Å². The fourth-order valence-electron chi connectivity index (χ4n) is 2.46. The van der Waals surface area contributed by atoms with Crippen LogP contribution in [0.1, 0.15) is 24.8 Å². The van der Waals surface area contributed by atoms with E-state index in [1.165, 1.54) is 6.42 Å². The Morgan fingerprint density at radius 2 is 2.40 bits per heavy atom. The van der Waals surface area contributed by atoms with E-state index < -0.39 is 0 Å². The molecule has 0 aliphatic carbocycles. The monoisotopic (exact) mass is 296 g/mol. The van der Waals surface area contributed by atoms with Gasteiger partial charge < -0.3 is 15.4 Å². The van der Waals surface area contributed by atoms with Gasteiger partial charge in [0.25, 0.3) is 0 Å². The number of carbonyl (C=O) groups is 1. The minimum atomic E-state index is 0.0823. The summed E-state index contributed by atoms with van der Waals surface area (Å²) < 4.78 is 5.26. The van der Waals surface area contributed by atoms with Crippen LogP contribution in [0, 0.1) is 5.92 Å². The van der Waals surface area contributed by atoms with Crippen molar-refractivity contribution in [3.63, 3.8) is 0 Å². The molecule has 1 fully saturated rings. The summed E-state index contributed by atoms with van der Waals surface area (Å²) in [6.45, 7) is 2.56. The van der Waals surface area contributed by atoms with Crippen molar-refractivity contribution < 1.29 is 9.53 Å². The Kier molecular flexibility index (Phi) is 5.68. The maximum atomic E-state index is 11.9. The van der Waals surface area contributed by atoms with E-state index in [0.29, 0.717) is 23.9 Å². The fraction of sp³-hybridized carbons (Fsp3) is 0.533. The van der Waals surface area contributed by atoms with Gasteiger partial charge in [0.05, 0.1) is 7.11 Å². The first-order valence-corrected chi connectivity index (χ1v) is 7.36. The molecule has 2 rings (SSSR count). The van der Waals surface area contributed by atoms with Gasteiger partial charge in [-0.15, -0.1) is 0 Å². The number of nitrogens with one attached hydrogen (secondary N) is 2. The standard InChI is InChI=1S/C15H21ClN2O2/c1-20-14-4-3-13(16)8-12(14)10-18-15(19)5-2-11-6-7-17-9-11/h3-4,8,11,17H,2,5-7,9-10H2,1H3,(H,18,19). The predicted molar refractivity (Wildman–Crippen MR) is 80.1 cm³/mol. The highest BCUT2D eigenvalue weighted by atomic mass is 35.5. The van der Waals surface area contributed by atoms with E-state index in [-0.39, 0.29) is 5.91 Å². The van der Waals surface area contributed by atoms with Gasteiger partial charge in [-0.25, -0.2) is 0 Å². The molecule has 0 bridgehead atoms. The molecular formula is C15H21ClN2O2. The minimum absolute atomic E-state index is 0.0823. The van der Waals surface area contributed by atoms with E-state index in [4.69, 9.17) is 16.3 Å². The van der Waals surface area contributed by atoms with E-state index in [9.17, 15) is 4.79 Å². The van der Waals surface area contributed by atoms with E-state index in [0.717, 1.165) is 30.8 Å². The van der Waals surface area contributed by atoms with Crippen LogP contribution < -0.4 is 15.4 Å². The van der Waals surface area contributed by atoms with E-state index in [1.807, 2.05) is 12.1 Å². The number of ether oxygens (including phenoxy) is 1. The van der Waals surface area contributed by atoms with Crippen molar-refractivity contribution in [3.8, 4) is 5.75 Å². The number of halogens is 1. The van der Waals surface area contributed by atoms with Gasteiger partial charge in [-0.2, -0.15) is 0 Å². The Balaban J connectivity index is 1.78. The second-order valence-corrected chi connectivity index (χ2v) is 5.57. The third kappa shape index (κ3) is 4.39. The lowest BCUT2D eigenvalue weighted by atomic mass is 10.0. The van der Waals surface area contributed by atoms with Crippen molar-refractivity contribution in [2.24, 2.45) is 5.92 Å². The fourth-order valence-corrected chi connectivity index (χ4v) is 2.66. The highest BCUT2D eigenvalue weighted by molar-refractivity contribution is 6.30. The predicted octanol–water partition coefficient (Wildman–Crippen LogP) is 2.35. The highest BCUT2D eigenvalue weighted by Gasteiger charge is 2.15. The minimum Gasteiger partial charge on any atom is -0.496 e. The van der Waals surface area contributed by atoms with Gasteiger partial charge in [-0.05, 0) is 50.0 Å². The van der Waals surface area contributed by atoms with Gasteiger partial charge in [0.2, 0.25) is 5.91 Å². The lowest BCUT2D eigenvalue weighted by Gasteiger charge is -2.11. The second kappa shape index (κ2) is 7.50. The summed E-state index contributed by atoms with van der Waals surface area (Å²) >= 11 is 5.96. The number of rotatable bonds is 6. The van der Waals surface area contributed by atoms with Crippen molar-refractivity contribution >= 4 is 17.5 Å². The molecule has 0 radical (unpaired) electrons. The zero-order valence-electron chi connectivity index (χ0n) is 11.7. The van der Waals surface area contributed by atoms with Gasteiger partial charge in [0.15, 0.2) is 0 Å². The van der Waals surface area contributed by atoms with Crippen molar-refractivity contribution in [2.75, 3.05) is 20.2 Å². The summed E-state index contributed by atoms with van der Waals surface area (Å²) in [7, 11) is 1.61. The molecule has 2 N–H and O–H groups in total. The molecule has 0 spiro atoms. The molecule has 1 atom stereocenters. The number of amides is 1. The molecule has 1 saturated heterocycles. The molecule has 1 aromatic carbocycles. The van der Waals surface area contributed by atoms with Crippen LogP contribution in [0.25, 0.3) is 0 Å². The molecule has 1 aliphatic heterocycles. The van der Waals surface area contributed by atoms with Crippen molar-refractivity contribution in [3.05, 3.63) is 28.8 Å². The summed E-state index contributed by atoms with van der Waals surface area (Å²) in [5, 5.41) is 6.88. The van der Waals surface area contributed by atoms with Gasteiger partial charge in [-0.3, -0.25) is 4.79 Å². The van der Waals surface area contributed by atoms with Gasteiger partial charge in [0.1, 0.15) is 5.75 Å². The topological polar surface area (TPSA) is 50.4 Å². The molecule has 1 aliphatic rings. The number of hydrogen-bond donors (Lipinski definition) is 2. The van der Waals surface area contributed by atoms with Crippen LogP contribution >= 0.6 is 11.6 Å². The van der Waals surface area contributed by atoms with Crippen LogP contribution in [0.2, 0.25) is 5.02 Å². The van der Waals surface area contributed by atoms with Crippen LogP contribution in [0.3, 0.4) is 0 Å². The van der Waals surface area contributed by atoms with Crippen LogP contribution in [0.5, 0.6) is 5.75 Å². The first-order chi connectivity index (χ1) is 9.69. The Morgan fingerprint density at radius 1 is 1.55 bits per heavy atom. The third-order valence-electron chi connectivity index (χ3n) is 3.66. The maximum Gasteiger partial charge on any atom is 0.220 e. The number of benzene rings is 1. The van der Waals surface area contributed by atoms with Crippen molar-refractivity contribution in [1.82, 2.24) is 10.6 Å². The molecule has 5 heteroatoms. The van der Waals surface area contributed by atoms with Crippen molar-refractivity contribution in [1.29, 1.82) is 0 Å². The average Bonchev–Trinajstić information content (AvgIpc) is 2.96. The van der Waals surface area contributed by atoms with Crippen LogP contribution in [-0.2, 0) is 11.3 Å². The summed E-state index contributed by atoms with van der Waals surface area (Å²) in [4.78, 5) is 11.9. The third-order valence-corrected chi connectivity index (χ3v) is 3.90. The number of carbonyl (C=O) groups excluding carboxylic acids is 1. The summed E-state index contributed by atoms with van der Waals surface area (Å²) in [6, 6.07) is 5.41. The maximum absolute atomic E-state index is 11.9. The van der Waals surface area contributed by atoms with Gasteiger partial charge in [0, 0.05) is 23.6 Å². The molecule has 20 heavy (non-hydrogen) atoms. The average molecular weight is 297 g/mol. The quantitative estimate of drug-likeness (QED) is 0.847. The summed E-state index contributed by atoms with van der Waals surface area (Å²) in [6.07, 6.45) is 2.70. The second-order valence-electron chi connectivity index (χ2n) is 5.13. The smallest absolute Gasteiger partial charge is 0.220 e. The normalized spacial score (nSPS) is 18.0. The van der Waals surface area contributed by atoms with Gasteiger partial charge in [-0.1, -0.05) is 11.6 Å². The molecule has 110 valence electrons. The van der Waals surface area contributed by atoms with Crippen LogP contribution in [0.15, 0.2) is 18.2 Å². The summed E-state index contributed by atoms with van der Waals surface area (Å²) in [5.41, 5.74) is 0.899. The zero-order valence-corrected chi connectivity index (χ0v) is 12.5. The number of hydrogen-bond acceptors (Lipinski definition) is 3. The van der Waals surface area contributed by atoms with E-state index in [1.54, 1.807) is 13.2 Å².